The number of hydrogen-bond donors (Lipinski definition) is 0. The highest BCUT2D eigenvalue weighted by Crippen LogP contribution is 2.60. The molecule has 39 heavy (non-hydrogen) atoms. The molecule has 0 N–H and O–H groups in total. The summed E-state index contributed by atoms with van der Waals surface area (Å²) in [5, 5.41) is 0. The summed E-state index contributed by atoms with van der Waals surface area (Å²) >= 11 is 0. The van der Waals surface area contributed by atoms with Crippen molar-refractivity contribution in [2.75, 3.05) is 0 Å². The molecule has 0 amide bonds. The van der Waals surface area contributed by atoms with Crippen LogP contribution in [-0.2, 0) is 5.41 Å². The zero-order chi connectivity index (χ0) is 27.3. The fraction of sp³-hybridized carbons (Fsp3) is 0.421. The molecular formula is C38H44Si. The van der Waals surface area contributed by atoms with E-state index in [1.807, 2.05) is 0 Å². The predicted octanol–water partition coefficient (Wildman–Crippen LogP) is 10.9. The van der Waals surface area contributed by atoms with E-state index < -0.39 is 8.07 Å². The molecule has 0 heterocycles. The van der Waals surface area contributed by atoms with Gasteiger partial charge in [0.25, 0.3) is 0 Å². The van der Waals surface area contributed by atoms with E-state index in [0.717, 1.165) is 11.5 Å². The number of rotatable bonds is 4. The minimum atomic E-state index is -1.73. The maximum absolute atomic E-state index is 2.74. The van der Waals surface area contributed by atoms with Crippen LogP contribution in [0.15, 0.2) is 93.6 Å². The van der Waals surface area contributed by atoms with Crippen molar-refractivity contribution >= 4 is 14.1 Å². The summed E-state index contributed by atoms with van der Waals surface area (Å²) in [5.74, 6) is 0.807. The molecule has 1 heteroatoms. The van der Waals surface area contributed by atoms with Gasteiger partial charge in [-0.25, -0.2) is 0 Å². The van der Waals surface area contributed by atoms with Gasteiger partial charge in [-0.1, -0.05) is 106 Å². The highest BCUT2D eigenvalue weighted by atomic mass is 28.3. The van der Waals surface area contributed by atoms with Crippen LogP contribution in [0.2, 0.25) is 18.6 Å². The Hall–Kier alpha value is -2.64. The Kier molecular flexibility index (Phi) is 5.64. The van der Waals surface area contributed by atoms with E-state index in [1.165, 1.54) is 65.5 Å². The van der Waals surface area contributed by atoms with Crippen LogP contribution in [0.5, 0.6) is 0 Å². The van der Waals surface area contributed by atoms with Crippen molar-refractivity contribution in [3.63, 3.8) is 0 Å². The smallest absolute Gasteiger partial charge is 0.0675 e. The topological polar surface area (TPSA) is 0 Å². The second-order valence-electron chi connectivity index (χ2n) is 14.7. The zero-order valence-corrected chi connectivity index (χ0v) is 26.0. The molecule has 2 atom stereocenters. The average molecular weight is 529 g/mol. The Bertz CT molecular complexity index is 1540. The minimum absolute atomic E-state index is 0.183. The van der Waals surface area contributed by atoms with Crippen LogP contribution in [0.4, 0.5) is 0 Å². The first-order valence-electron chi connectivity index (χ1n) is 15.3. The Morgan fingerprint density at radius 1 is 0.846 bits per heavy atom. The number of fused-ring (bicyclic) bond motifs is 2. The van der Waals surface area contributed by atoms with Crippen molar-refractivity contribution < 1.29 is 0 Å². The summed E-state index contributed by atoms with van der Waals surface area (Å²) in [6, 6.07) is 16.6. The Morgan fingerprint density at radius 2 is 1.59 bits per heavy atom. The van der Waals surface area contributed by atoms with E-state index in [4.69, 9.17) is 0 Å². The third kappa shape index (κ3) is 3.99. The lowest BCUT2D eigenvalue weighted by atomic mass is 9.86. The summed E-state index contributed by atoms with van der Waals surface area (Å²) < 4.78 is 0. The molecule has 200 valence electrons. The monoisotopic (exact) mass is 528 g/mol. The molecule has 1 fully saturated rings. The van der Waals surface area contributed by atoms with Gasteiger partial charge in [-0.05, 0) is 119 Å². The summed E-state index contributed by atoms with van der Waals surface area (Å²) in [6.07, 6.45) is 14.4. The van der Waals surface area contributed by atoms with E-state index in [1.54, 1.807) is 33.4 Å². The van der Waals surface area contributed by atoms with Gasteiger partial charge < -0.3 is 0 Å². The van der Waals surface area contributed by atoms with Crippen LogP contribution in [0.25, 0.3) is 17.2 Å². The SMILES string of the molecule is CC1=C(C)C2=CC3=C(CCC3[Si](C)(C)C3C(C4CC4)=Cc4c(-c5ccc(C(C)(C)C)cc5)cccc43)CC2=C1. The van der Waals surface area contributed by atoms with Gasteiger partial charge >= 0.3 is 0 Å². The van der Waals surface area contributed by atoms with Gasteiger partial charge in [0, 0.05) is 5.54 Å². The van der Waals surface area contributed by atoms with Crippen LogP contribution in [0.1, 0.15) is 89.0 Å². The van der Waals surface area contributed by atoms with Gasteiger partial charge in [-0.15, -0.1) is 0 Å². The summed E-state index contributed by atoms with van der Waals surface area (Å²) in [4.78, 5) is 0. The van der Waals surface area contributed by atoms with E-state index >= 15 is 0 Å². The summed E-state index contributed by atoms with van der Waals surface area (Å²) in [7, 11) is -1.73. The fourth-order valence-electron chi connectivity index (χ4n) is 8.29. The van der Waals surface area contributed by atoms with Crippen LogP contribution in [0, 0.1) is 5.92 Å². The van der Waals surface area contributed by atoms with Crippen LogP contribution < -0.4 is 0 Å². The van der Waals surface area contributed by atoms with Gasteiger partial charge in [0.15, 0.2) is 0 Å². The molecule has 0 bridgehead atoms. The molecule has 0 spiro atoms. The quantitative estimate of drug-likeness (QED) is 0.346. The van der Waals surface area contributed by atoms with Crippen molar-refractivity contribution in [1.82, 2.24) is 0 Å². The number of benzene rings is 2. The molecule has 2 unspecified atom stereocenters. The molecule has 5 aliphatic rings. The Balaban J connectivity index is 1.29. The lowest BCUT2D eigenvalue weighted by Crippen LogP contribution is -2.41. The Labute approximate surface area is 237 Å². The molecular weight excluding hydrogens is 485 g/mol. The molecule has 0 aliphatic heterocycles. The van der Waals surface area contributed by atoms with Crippen LogP contribution in [0.3, 0.4) is 0 Å². The largest absolute Gasteiger partial charge is 0.0682 e. The van der Waals surface area contributed by atoms with Crippen molar-refractivity contribution in [1.29, 1.82) is 0 Å². The van der Waals surface area contributed by atoms with E-state index in [0.29, 0.717) is 5.54 Å². The van der Waals surface area contributed by atoms with Crippen molar-refractivity contribution in [2.24, 2.45) is 5.92 Å². The van der Waals surface area contributed by atoms with E-state index in [9.17, 15) is 0 Å². The van der Waals surface area contributed by atoms with Gasteiger partial charge in [-0.2, -0.15) is 0 Å². The lowest BCUT2D eigenvalue weighted by Gasteiger charge is -2.40. The maximum atomic E-state index is 2.74. The molecule has 2 aromatic carbocycles. The molecule has 0 nitrogen and oxygen atoms in total. The summed E-state index contributed by atoms with van der Waals surface area (Å²) in [6.45, 7) is 17.0. The normalized spacial score (nSPS) is 24.4. The second-order valence-corrected chi connectivity index (χ2v) is 19.6. The minimum Gasteiger partial charge on any atom is -0.0682 e. The maximum Gasteiger partial charge on any atom is 0.0675 e. The first-order valence-corrected chi connectivity index (χ1v) is 18.5. The van der Waals surface area contributed by atoms with Crippen LogP contribution >= 0.6 is 0 Å². The van der Waals surface area contributed by atoms with Gasteiger partial charge in [-0.3, -0.25) is 0 Å². The lowest BCUT2D eigenvalue weighted by molar-refractivity contribution is 0.590. The second kappa shape index (κ2) is 8.68. The highest BCUT2D eigenvalue weighted by Gasteiger charge is 2.50. The molecule has 5 aliphatic carbocycles. The van der Waals surface area contributed by atoms with Crippen molar-refractivity contribution in [2.45, 2.75) is 96.3 Å². The predicted molar refractivity (Wildman–Crippen MR) is 171 cm³/mol. The van der Waals surface area contributed by atoms with Crippen LogP contribution in [-0.4, -0.2) is 8.07 Å². The number of hydrogen-bond acceptors (Lipinski definition) is 0. The van der Waals surface area contributed by atoms with Gasteiger partial charge in [0.1, 0.15) is 0 Å². The Morgan fingerprint density at radius 3 is 2.28 bits per heavy atom. The molecule has 1 saturated carbocycles. The fourth-order valence-corrected chi connectivity index (χ4v) is 12.9. The van der Waals surface area contributed by atoms with Gasteiger partial charge in [0.2, 0.25) is 0 Å². The number of allylic oxidation sites excluding steroid dienone is 9. The molecule has 0 aromatic heterocycles. The third-order valence-electron chi connectivity index (χ3n) is 10.8. The third-order valence-corrected chi connectivity index (χ3v) is 15.3. The molecule has 7 rings (SSSR count). The highest BCUT2D eigenvalue weighted by molar-refractivity contribution is 6.81. The van der Waals surface area contributed by atoms with E-state index in [2.05, 4.69) is 108 Å². The average Bonchev–Trinajstić information content (AvgIpc) is 3.43. The zero-order valence-electron chi connectivity index (χ0n) is 25.0. The van der Waals surface area contributed by atoms with E-state index in [-0.39, 0.29) is 5.41 Å². The standard InChI is InChI=1S/C38H44Si/c1-23-19-28-20-27-15-18-36(33(27)21-32(28)24(23)2)39(6,7)37-31-10-8-9-30(35(31)22-34(37)26-11-12-26)25-13-16-29(17-14-25)38(3,4)5/h8-10,13-14,16-17,19,21-22,26,36-37H,11-12,15,18,20H2,1-7H3. The molecule has 0 radical (unpaired) electrons. The molecule has 2 aromatic rings. The first-order chi connectivity index (χ1) is 18.5. The molecule has 0 saturated heterocycles. The van der Waals surface area contributed by atoms with Gasteiger partial charge in [0.05, 0.1) is 8.07 Å². The summed E-state index contributed by atoms with van der Waals surface area (Å²) in [5.41, 5.74) is 20.3. The first kappa shape index (κ1) is 25.3. The van der Waals surface area contributed by atoms with Crippen molar-refractivity contribution in [3.05, 3.63) is 110 Å². The van der Waals surface area contributed by atoms with Crippen molar-refractivity contribution in [3.8, 4) is 11.1 Å².